The first-order valence-electron chi connectivity index (χ1n) is 3.65. The van der Waals surface area contributed by atoms with E-state index >= 15 is 0 Å². The van der Waals surface area contributed by atoms with Crippen LogP contribution in [0.3, 0.4) is 0 Å². The number of hydrogen-bond donors (Lipinski definition) is 0. The van der Waals surface area contributed by atoms with E-state index in [-0.39, 0.29) is 0 Å². The quantitative estimate of drug-likeness (QED) is 0.420. The standard InChI is InChI=1S/C8H17P/c1-4-5-6-7-9-8(2)3/h5-6,8-9H,4,7H2,1-3H3. The fourth-order valence-electron chi connectivity index (χ4n) is 0.554. The first kappa shape index (κ1) is 9.17. The molecule has 0 radical (unpaired) electrons. The van der Waals surface area contributed by atoms with Crippen LogP contribution in [-0.2, 0) is 0 Å². The summed E-state index contributed by atoms with van der Waals surface area (Å²) >= 11 is 0. The van der Waals surface area contributed by atoms with Gasteiger partial charge in [0.15, 0.2) is 0 Å². The van der Waals surface area contributed by atoms with Gasteiger partial charge in [0, 0.05) is 0 Å². The second-order valence-corrected chi connectivity index (χ2v) is 4.41. The molecule has 0 N–H and O–H groups in total. The summed E-state index contributed by atoms with van der Waals surface area (Å²) in [7, 11) is 1.11. The molecule has 0 aromatic carbocycles. The molecule has 0 aliphatic heterocycles. The Hall–Kier alpha value is 0.170. The summed E-state index contributed by atoms with van der Waals surface area (Å²) in [6, 6.07) is 0. The normalized spacial score (nSPS) is 12.9. The van der Waals surface area contributed by atoms with Gasteiger partial charge in [0.2, 0.25) is 0 Å². The largest absolute Gasteiger partial charge is 0.116 e. The van der Waals surface area contributed by atoms with Crippen molar-refractivity contribution in [3.8, 4) is 0 Å². The van der Waals surface area contributed by atoms with Crippen molar-refractivity contribution in [2.75, 3.05) is 6.16 Å². The van der Waals surface area contributed by atoms with E-state index in [1.165, 1.54) is 12.6 Å². The third kappa shape index (κ3) is 8.17. The average Bonchev–Trinajstić information content (AvgIpc) is 1.80. The first-order chi connectivity index (χ1) is 4.27. The monoisotopic (exact) mass is 144 g/mol. The lowest BCUT2D eigenvalue weighted by atomic mass is 10.4. The van der Waals surface area contributed by atoms with Crippen LogP contribution in [0.15, 0.2) is 12.2 Å². The second-order valence-electron chi connectivity index (χ2n) is 2.44. The van der Waals surface area contributed by atoms with Crippen molar-refractivity contribution >= 4 is 8.58 Å². The summed E-state index contributed by atoms with van der Waals surface area (Å²) in [6.45, 7) is 6.73. The fraction of sp³-hybridized carbons (Fsp3) is 0.750. The van der Waals surface area contributed by atoms with Gasteiger partial charge >= 0.3 is 0 Å². The Morgan fingerprint density at radius 1 is 1.33 bits per heavy atom. The highest BCUT2D eigenvalue weighted by Crippen LogP contribution is 2.16. The predicted octanol–water partition coefficient (Wildman–Crippen LogP) is 3.04. The summed E-state index contributed by atoms with van der Waals surface area (Å²) in [4.78, 5) is 0. The van der Waals surface area contributed by atoms with Crippen LogP contribution in [-0.4, -0.2) is 11.8 Å². The SMILES string of the molecule is CCC=CCPC(C)C. The topological polar surface area (TPSA) is 0 Å². The van der Waals surface area contributed by atoms with Crippen LogP contribution >= 0.6 is 8.58 Å². The highest BCUT2D eigenvalue weighted by atomic mass is 31.1. The molecule has 0 aromatic heterocycles. The van der Waals surface area contributed by atoms with Crippen molar-refractivity contribution in [2.45, 2.75) is 32.9 Å². The van der Waals surface area contributed by atoms with E-state index in [9.17, 15) is 0 Å². The maximum absolute atomic E-state index is 2.29. The smallest absolute Gasteiger partial charge is 0.0170 e. The Balaban J connectivity index is 2.99. The van der Waals surface area contributed by atoms with Crippen molar-refractivity contribution in [2.24, 2.45) is 0 Å². The van der Waals surface area contributed by atoms with Crippen LogP contribution in [0, 0.1) is 0 Å². The Morgan fingerprint density at radius 2 is 2.00 bits per heavy atom. The van der Waals surface area contributed by atoms with Gasteiger partial charge in [-0.05, 0) is 18.2 Å². The Bertz CT molecular complexity index is 74.6. The molecule has 0 aromatic rings. The molecule has 1 heteroatoms. The molecule has 54 valence electrons. The van der Waals surface area contributed by atoms with Crippen LogP contribution in [0.25, 0.3) is 0 Å². The third-order valence-corrected chi connectivity index (χ3v) is 2.33. The molecule has 0 aliphatic rings. The predicted molar refractivity (Wildman–Crippen MR) is 47.7 cm³/mol. The molecular formula is C8H17P. The Labute approximate surface area is 60.5 Å². The average molecular weight is 144 g/mol. The molecular weight excluding hydrogens is 127 g/mol. The molecule has 1 atom stereocenters. The molecule has 9 heavy (non-hydrogen) atoms. The van der Waals surface area contributed by atoms with E-state index in [1.54, 1.807) is 0 Å². The van der Waals surface area contributed by atoms with Crippen molar-refractivity contribution in [3.63, 3.8) is 0 Å². The van der Waals surface area contributed by atoms with Gasteiger partial charge in [-0.2, -0.15) is 0 Å². The highest BCUT2D eigenvalue weighted by molar-refractivity contribution is 7.39. The minimum Gasteiger partial charge on any atom is -0.116 e. The molecule has 0 aliphatic carbocycles. The Kier molecular flexibility index (Phi) is 6.41. The van der Waals surface area contributed by atoms with Gasteiger partial charge in [-0.3, -0.25) is 0 Å². The van der Waals surface area contributed by atoms with Gasteiger partial charge in [0.05, 0.1) is 0 Å². The maximum Gasteiger partial charge on any atom is -0.0170 e. The highest BCUT2D eigenvalue weighted by Gasteiger charge is 1.87. The molecule has 0 saturated heterocycles. The third-order valence-electron chi connectivity index (χ3n) is 1.05. The van der Waals surface area contributed by atoms with E-state index in [0.29, 0.717) is 0 Å². The van der Waals surface area contributed by atoms with E-state index in [4.69, 9.17) is 0 Å². The number of allylic oxidation sites excluding steroid dienone is 2. The van der Waals surface area contributed by atoms with Crippen LogP contribution in [0.1, 0.15) is 27.2 Å². The molecule has 0 fully saturated rings. The lowest BCUT2D eigenvalue weighted by Crippen LogP contribution is -1.82. The summed E-state index contributed by atoms with van der Waals surface area (Å²) in [6.07, 6.45) is 7.00. The van der Waals surface area contributed by atoms with Gasteiger partial charge in [0.1, 0.15) is 0 Å². The van der Waals surface area contributed by atoms with Gasteiger partial charge in [-0.15, -0.1) is 8.58 Å². The molecule has 0 rings (SSSR count). The van der Waals surface area contributed by atoms with Gasteiger partial charge in [-0.25, -0.2) is 0 Å². The molecule has 1 unspecified atom stereocenters. The number of hydrogen-bond acceptors (Lipinski definition) is 0. The van der Waals surface area contributed by atoms with Gasteiger partial charge in [-0.1, -0.05) is 32.9 Å². The zero-order valence-corrected chi connectivity index (χ0v) is 7.65. The summed E-state index contributed by atoms with van der Waals surface area (Å²) < 4.78 is 0. The lowest BCUT2D eigenvalue weighted by Gasteiger charge is -1.98. The van der Waals surface area contributed by atoms with Gasteiger partial charge in [0.25, 0.3) is 0 Å². The zero-order chi connectivity index (χ0) is 7.11. The molecule has 0 saturated carbocycles. The van der Waals surface area contributed by atoms with Crippen molar-refractivity contribution in [1.29, 1.82) is 0 Å². The van der Waals surface area contributed by atoms with Crippen LogP contribution in [0.2, 0.25) is 0 Å². The summed E-state index contributed by atoms with van der Waals surface area (Å²) in [5, 5.41) is 0. The lowest BCUT2D eigenvalue weighted by molar-refractivity contribution is 1.10. The van der Waals surface area contributed by atoms with E-state index in [0.717, 1.165) is 14.2 Å². The molecule has 0 bridgehead atoms. The van der Waals surface area contributed by atoms with E-state index in [2.05, 4.69) is 32.9 Å². The Morgan fingerprint density at radius 3 is 2.44 bits per heavy atom. The minimum absolute atomic E-state index is 0.881. The maximum atomic E-state index is 2.29. The molecule has 0 heterocycles. The van der Waals surface area contributed by atoms with Crippen LogP contribution in [0.5, 0.6) is 0 Å². The van der Waals surface area contributed by atoms with Crippen molar-refractivity contribution in [3.05, 3.63) is 12.2 Å². The first-order valence-corrected chi connectivity index (χ1v) is 4.94. The summed E-state index contributed by atoms with van der Waals surface area (Å²) in [5.74, 6) is 0. The van der Waals surface area contributed by atoms with Crippen LogP contribution < -0.4 is 0 Å². The summed E-state index contributed by atoms with van der Waals surface area (Å²) in [5.41, 5.74) is 0.881. The van der Waals surface area contributed by atoms with Crippen LogP contribution in [0.4, 0.5) is 0 Å². The zero-order valence-electron chi connectivity index (χ0n) is 6.65. The molecule has 0 nitrogen and oxygen atoms in total. The second kappa shape index (κ2) is 6.29. The van der Waals surface area contributed by atoms with E-state index in [1.807, 2.05) is 0 Å². The molecule has 0 spiro atoms. The molecule has 0 amide bonds. The minimum atomic E-state index is 0.881. The van der Waals surface area contributed by atoms with E-state index < -0.39 is 0 Å². The fourth-order valence-corrected chi connectivity index (χ4v) is 1.33. The number of rotatable bonds is 4. The van der Waals surface area contributed by atoms with Crippen molar-refractivity contribution < 1.29 is 0 Å². The van der Waals surface area contributed by atoms with Gasteiger partial charge < -0.3 is 0 Å². The van der Waals surface area contributed by atoms with Crippen molar-refractivity contribution in [1.82, 2.24) is 0 Å².